The third-order valence-corrected chi connectivity index (χ3v) is 1.27. The van der Waals surface area contributed by atoms with Crippen LogP contribution in [0.5, 0.6) is 0 Å². The Kier molecular flexibility index (Phi) is 4.26. The van der Waals surface area contributed by atoms with Crippen LogP contribution in [0.1, 0.15) is 20.3 Å². The van der Waals surface area contributed by atoms with Gasteiger partial charge >= 0.3 is 6.09 Å². The van der Waals surface area contributed by atoms with E-state index in [2.05, 4.69) is 9.84 Å². The monoisotopic (exact) mass is 158 g/mol. The van der Waals surface area contributed by atoms with Crippen molar-refractivity contribution in [2.45, 2.75) is 20.3 Å². The number of hydrazone groups is 1. The summed E-state index contributed by atoms with van der Waals surface area (Å²) in [4.78, 5) is 10.8. The fourth-order valence-corrected chi connectivity index (χ4v) is 0.500. The topological polar surface area (TPSA) is 41.9 Å². The number of carbonyl (C=O) groups excluding carboxylic acids is 1. The average molecular weight is 158 g/mol. The smallest absolute Gasteiger partial charge is 0.429 e. The first-order chi connectivity index (χ1) is 5.11. The van der Waals surface area contributed by atoms with Gasteiger partial charge in [0.1, 0.15) is 0 Å². The molecule has 0 saturated heterocycles. The third kappa shape index (κ3) is 3.60. The van der Waals surface area contributed by atoms with Crippen molar-refractivity contribution in [3.63, 3.8) is 0 Å². The van der Waals surface area contributed by atoms with E-state index >= 15 is 0 Å². The predicted octanol–water partition coefficient (Wildman–Crippen LogP) is 1.47. The maximum Gasteiger partial charge on any atom is 0.429 e. The molecule has 0 atom stereocenters. The standard InChI is InChI=1S/C7H14N2O2/c1-5-6(2)8-9(3)7(10)11-4/h5H2,1-4H3/b8-6+. The number of methoxy groups -OCH3 is 1. The molecule has 0 aliphatic heterocycles. The number of hydrogen-bond donors (Lipinski definition) is 0. The molecule has 0 saturated carbocycles. The minimum atomic E-state index is -0.446. The van der Waals surface area contributed by atoms with Crippen LogP contribution in [0.4, 0.5) is 4.79 Å². The van der Waals surface area contributed by atoms with Crippen LogP contribution in [0.25, 0.3) is 0 Å². The van der Waals surface area contributed by atoms with Crippen LogP contribution in [-0.4, -0.2) is 31.0 Å². The molecule has 0 spiro atoms. The van der Waals surface area contributed by atoms with E-state index in [0.29, 0.717) is 0 Å². The molecule has 1 amide bonds. The van der Waals surface area contributed by atoms with E-state index in [4.69, 9.17) is 0 Å². The summed E-state index contributed by atoms with van der Waals surface area (Å²) >= 11 is 0. The average Bonchev–Trinajstić information content (AvgIpc) is 2.02. The molecule has 0 unspecified atom stereocenters. The number of carbonyl (C=O) groups is 1. The van der Waals surface area contributed by atoms with Crippen LogP contribution < -0.4 is 0 Å². The fraction of sp³-hybridized carbons (Fsp3) is 0.714. The van der Waals surface area contributed by atoms with Crippen molar-refractivity contribution < 1.29 is 9.53 Å². The second-order valence-corrected chi connectivity index (χ2v) is 2.18. The normalized spacial score (nSPS) is 11.1. The van der Waals surface area contributed by atoms with Crippen molar-refractivity contribution in [1.29, 1.82) is 0 Å². The molecule has 4 heteroatoms. The van der Waals surface area contributed by atoms with Crippen LogP contribution in [0.2, 0.25) is 0 Å². The summed E-state index contributed by atoms with van der Waals surface area (Å²) in [7, 11) is 2.89. The van der Waals surface area contributed by atoms with E-state index in [1.165, 1.54) is 12.1 Å². The highest BCUT2D eigenvalue weighted by molar-refractivity contribution is 5.82. The van der Waals surface area contributed by atoms with Gasteiger partial charge in [-0.1, -0.05) is 6.92 Å². The van der Waals surface area contributed by atoms with Gasteiger partial charge in [-0.3, -0.25) is 0 Å². The van der Waals surface area contributed by atoms with Gasteiger partial charge in [-0.05, 0) is 13.3 Å². The molecule has 11 heavy (non-hydrogen) atoms. The van der Waals surface area contributed by atoms with Gasteiger partial charge in [-0.15, -0.1) is 0 Å². The second kappa shape index (κ2) is 4.71. The minimum absolute atomic E-state index is 0.446. The van der Waals surface area contributed by atoms with E-state index in [9.17, 15) is 4.79 Å². The van der Waals surface area contributed by atoms with Gasteiger partial charge in [0.15, 0.2) is 0 Å². The largest absolute Gasteiger partial charge is 0.451 e. The first kappa shape index (κ1) is 9.94. The Balaban J connectivity index is 4.04. The molecular formula is C7H14N2O2. The molecule has 0 heterocycles. The van der Waals surface area contributed by atoms with Gasteiger partial charge < -0.3 is 4.74 Å². The third-order valence-electron chi connectivity index (χ3n) is 1.27. The van der Waals surface area contributed by atoms with Gasteiger partial charge in [-0.25, -0.2) is 9.80 Å². The Morgan fingerprint density at radius 3 is 2.55 bits per heavy atom. The van der Waals surface area contributed by atoms with Gasteiger partial charge in [0.05, 0.1) is 7.11 Å². The van der Waals surface area contributed by atoms with Gasteiger partial charge in [0, 0.05) is 12.8 Å². The number of rotatable bonds is 2. The van der Waals surface area contributed by atoms with Gasteiger partial charge in [0.25, 0.3) is 0 Å². The van der Waals surface area contributed by atoms with Gasteiger partial charge in [0.2, 0.25) is 0 Å². The van der Waals surface area contributed by atoms with Crippen molar-refractivity contribution in [3.8, 4) is 0 Å². The van der Waals surface area contributed by atoms with Crippen molar-refractivity contribution in [1.82, 2.24) is 5.01 Å². The molecule has 0 aliphatic carbocycles. The summed E-state index contributed by atoms with van der Waals surface area (Å²) in [6.07, 6.45) is 0.388. The number of nitrogens with zero attached hydrogens (tertiary/aromatic N) is 2. The molecule has 0 bridgehead atoms. The van der Waals surface area contributed by atoms with Crippen LogP contribution in [0, 0.1) is 0 Å². The molecule has 64 valence electrons. The van der Waals surface area contributed by atoms with E-state index in [0.717, 1.165) is 12.1 Å². The summed E-state index contributed by atoms with van der Waals surface area (Å²) in [6, 6.07) is 0. The van der Waals surface area contributed by atoms with Crippen LogP contribution >= 0.6 is 0 Å². The summed E-state index contributed by atoms with van der Waals surface area (Å²) in [5, 5.41) is 5.12. The van der Waals surface area contributed by atoms with Crippen molar-refractivity contribution in [2.24, 2.45) is 5.10 Å². The van der Waals surface area contributed by atoms with E-state index in [1.807, 2.05) is 13.8 Å². The predicted molar refractivity (Wildman–Crippen MR) is 43.6 cm³/mol. The lowest BCUT2D eigenvalue weighted by Crippen LogP contribution is -2.21. The van der Waals surface area contributed by atoms with E-state index < -0.39 is 6.09 Å². The Morgan fingerprint density at radius 2 is 2.18 bits per heavy atom. The van der Waals surface area contributed by atoms with E-state index in [-0.39, 0.29) is 0 Å². The fourth-order valence-electron chi connectivity index (χ4n) is 0.500. The van der Waals surface area contributed by atoms with E-state index in [1.54, 1.807) is 7.05 Å². The summed E-state index contributed by atoms with van der Waals surface area (Å²) < 4.78 is 4.44. The molecular weight excluding hydrogens is 144 g/mol. The molecule has 0 aromatic carbocycles. The molecule has 0 N–H and O–H groups in total. The molecule has 0 fully saturated rings. The molecule has 0 aromatic rings. The molecule has 0 aliphatic rings. The Morgan fingerprint density at radius 1 is 1.64 bits per heavy atom. The Bertz CT molecular complexity index is 166. The lowest BCUT2D eigenvalue weighted by molar-refractivity contribution is 0.134. The highest BCUT2D eigenvalue weighted by atomic mass is 16.5. The number of hydrogen-bond acceptors (Lipinski definition) is 3. The quantitative estimate of drug-likeness (QED) is 0.451. The summed E-state index contributed by atoms with van der Waals surface area (Å²) in [6.45, 7) is 3.84. The zero-order valence-electron chi connectivity index (χ0n) is 7.42. The molecule has 0 rings (SSSR count). The minimum Gasteiger partial charge on any atom is -0.451 e. The van der Waals surface area contributed by atoms with Gasteiger partial charge in [-0.2, -0.15) is 5.10 Å². The summed E-state index contributed by atoms with van der Waals surface area (Å²) in [5.41, 5.74) is 0.901. The summed E-state index contributed by atoms with van der Waals surface area (Å²) in [5.74, 6) is 0. The zero-order valence-corrected chi connectivity index (χ0v) is 7.42. The Hall–Kier alpha value is -1.06. The first-order valence-electron chi connectivity index (χ1n) is 3.47. The second-order valence-electron chi connectivity index (χ2n) is 2.18. The number of ether oxygens (including phenoxy) is 1. The van der Waals surface area contributed by atoms with Crippen LogP contribution in [0.3, 0.4) is 0 Å². The molecule has 4 nitrogen and oxygen atoms in total. The van der Waals surface area contributed by atoms with Crippen LogP contribution in [0.15, 0.2) is 5.10 Å². The first-order valence-corrected chi connectivity index (χ1v) is 3.47. The lowest BCUT2D eigenvalue weighted by Gasteiger charge is -2.09. The lowest BCUT2D eigenvalue weighted by atomic mass is 10.3. The maximum absolute atomic E-state index is 10.8. The van der Waals surface area contributed by atoms with Crippen LogP contribution in [-0.2, 0) is 4.74 Å². The SMILES string of the molecule is CC/C(C)=N/N(C)C(=O)OC. The number of amides is 1. The molecule has 0 aromatic heterocycles. The maximum atomic E-state index is 10.8. The van der Waals surface area contributed by atoms with Crippen molar-refractivity contribution in [2.75, 3.05) is 14.2 Å². The zero-order chi connectivity index (χ0) is 8.85. The highest BCUT2D eigenvalue weighted by Crippen LogP contribution is 1.92. The molecule has 0 radical (unpaired) electrons. The van der Waals surface area contributed by atoms with Crippen molar-refractivity contribution >= 4 is 11.8 Å². The Labute approximate surface area is 66.8 Å². The van der Waals surface area contributed by atoms with Crippen molar-refractivity contribution in [3.05, 3.63) is 0 Å². The highest BCUT2D eigenvalue weighted by Gasteiger charge is 2.04.